The summed E-state index contributed by atoms with van der Waals surface area (Å²) in [5.41, 5.74) is 0.572. The lowest BCUT2D eigenvalue weighted by molar-refractivity contribution is 0.0726. The van der Waals surface area contributed by atoms with Gasteiger partial charge in [0.15, 0.2) is 11.6 Å². The van der Waals surface area contributed by atoms with Crippen molar-refractivity contribution in [2.75, 3.05) is 6.61 Å². The van der Waals surface area contributed by atoms with Crippen LogP contribution in [0.5, 0.6) is 5.75 Å². The molecule has 156 valence electrons. The van der Waals surface area contributed by atoms with Gasteiger partial charge in [0, 0.05) is 0 Å². The summed E-state index contributed by atoms with van der Waals surface area (Å²) in [4.78, 5) is 0. The number of hydrogen-bond donors (Lipinski definition) is 0. The zero-order valence-electron chi connectivity index (χ0n) is 17.6. The zero-order valence-corrected chi connectivity index (χ0v) is 17.6. The number of benzene rings is 1. The molecule has 3 aliphatic carbocycles. The summed E-state index contributed by atoms with van der Waals surface area (Å²) in [5, 5.41) is 0. The molecule has 0 heterocycles. The van der Waals surface area contributed by atoms with Crippen molar-refractivity contribution >= 4 is 0 Å². The molecule has 0 radical (unpaired) electrons. The van der Waals surface area contributed by atoms with Crippen LogP contribution in [0, 0.1) is 41.2 Å². The minimum absolute atomic E-state index is 0.0414. The Morgan fingerprint density at radius 2 is 1.39 bits per heavy atom. The predicted molar refractivity (Wildman–Crippen MR) is 110 cm³/mol. The van der Waals surface area contributed by atoms with Crippen LogP contribution in [0.1, 0.15) is 89.5 Å². The van der Waals surface area contributed by atoms with Crippen molar-refractivity contribution in [2.24, 2.45) is 29.6 Å². The fraction of sp³-hybridized carbons (Fsp3) is 0.760. The summed E-state index contributed by atoms with van der Waals surface area (Å²) in [5.74, 6) is 3.02. The van der Waals surface area contributed by atoms with Crippen molar-refractivity contribution in [1.29, 1.82) is 0 Å². The molecule has 3 fully saturated rings. The topological polar surface area (TPSA) is 9.23 Å². The monoisotopic (exact) mass is 390 g/mol. The predicted octanol–water partition coefficient (Wildman–Crippen LogP) is 7.49. The fourth-order valence-electron chi connectivity index (χ4n) is 6.52. The second-order valence-corrected chi connectivity index (χ2v) is 9.84. The van der Waals surface area contributed by atoms with Crippen molar-refractivity contribution in [2.45, 2.75) is 84.0 Å². The van der Waals surface area contributed by atoms with Gasteiger partial charge in [-0.1, -0.05) is 25.8 Å². The highest BCUT2D eigenvalue weighted by molar-refractivity contribution is 5.33. The average Bonchev–Trinajstić information content (AvgIpc) is 2.71. The Bertz CT molecular complexity index is 665. The minimum atomic E-state index is -0.809. The van der Waals surface area contributed by atoms with E-state index in [9.17, 15) is 8.78 Å². The summed E-state index contributed by atoms with van der Waals surface area (Å²) < 4.78 is 34.2. The van der Waals surface area contributed by atoms with Crippen molar-refractivity contribution < 1.29 is 13.5 Å². The van der Waals surface area contributed by atoms with Gasteiger partial charge in [-0.2, -0.15) is 4.39 Å². The van der Waals surface area contributed by atoms with Gasteiger partial charge in [0.25, 0.3) is 0 Å². The molecule has 1 aromatic carbocycles. The molecule has 0 aromatic heterocycles. The van der Waals surface area contributed by atoms with Crippen LogP contribution in [0.2, 0.25) is 0 Å². The van der Waals surface area contributed by atoms with E-state index in [-0.39, 0.29) is 11.7 Å². The first-order valence-corrected chi connectivity index (χ1v) is 11.7. The highest BCUT2D eigenvalue weighted by Crippen LogP contribution is 2.51. The molecule has 0 saturated heterocycles. The third-order valence-electron chi connectivity index (χ3n) is 8.20. The van der Waals surface area contributed by atoms with Crippen LogP contribution in [-0.4, -0.2) is 6.61 Å². The largest absolute Gasteiger partial charge is 0.491 e. The summed E-state index contributed by atoms with van der Waals surface area (Å²) in [6.07, 6.45) is 12.9. The van der Waals surface area contributed by atoms with Gasteiger partial charge in [-0.25, -0.2) is 4.39 Å². The van der Waals surface area contributed by atoms with Gasteiger partial charge in [0.05, 0.1) is 6.61 Å². The van der Waals surface area contributed by atoms with Crippen LogP contribution < -0.4 is 4.74 Å². The lowest BCUT2D eigenvalue weighted by Gasteiger charge is -2.45. The first-order chi connectivity index (χ1) is 13.6. The molecule has 3 aliphatic rings. The molecule has 3 heteroatoms. The molecule has 0 bridgehead atoms. The van der Waals surface area contributed by atoms with E-state index in [0.717, 1.165) is 36.5 Å². The number of fused-ring (bicyclic) bond motifs is 1. The van der Waals surface area contributed by atoms with Gasteiger partial charge in [0.2, 0.25) is 5.82 Å². The van der Waals surface area contributed by atoms with Crippen LogP contribution in [-0.2, 0) is 0 Å². The van der Waals surface area contributed by atoms with Crippen molar-refractivity contribution in [3.63, 3.8) is 0 Å². The number of hydrogen-bond acceptors (Lipinski definition) is 1. The molecular formula is C25H36F2O. The fourth-order valence-corrected chi connectivity index (χ4v) is 6.52. The van der Waals surface area contributed by atoms with Crippen LogP contribution in [0.4, 0.5) is 8.78 Å². The van der Waals surface area contributed by atoms with Gasteiger partial charge in [-0.15, -0.1) is 0 Å². The Morgan fingerprint density at radius 3 is 2.11 bits per heavy atom. The first-order valence-electron chi connectivity index (χ1n) is 11.7. The normalized spacial score (nSPS) is 36.0. The van der Waals surface area contributed by atoms with E-state index in [1.165, 1.54) is 51.4 Å². The Kier molecular flexibility index (Phi) is 6.27. The molecule has 0 N–H and O–H groups in total. The van der Waals surface area contributed by atoms with Crippen molar-refractivity contribution in [3.05, 3.63) is 29.3 Å². The maximum absolute atomic E-state index is 14.7. The number of ether oxygens (including phenoxy) is 1. The molecule has 0 spiro atoms. The molecule has 4 atom stereocenters. The Morgan fingerprint density at radius 1 is 0.786 bits per heavy atom. The van der Waals surface area contributed by atoms with Crippen LogP contribution in [0.15, 0.2) is 12.1 Å². The van der Waals surface area contributed by atoms with Crippen LogP contribution >= 0.6 is 0 Å². The third-order valence-corrected chi connectivity index (χ3v) is 8.20. The van der Waals surface area contributed by atoms with E-state index in [4.69, 9.17) is 4.74 Å². The lowest BCUT2D eigenvalue weighted by Crippen LogP contribution is -2.34. The van der Waals surface area contributed by atoms with Gasteiger partial charge in [-0.3, -0.25) is 0 Å². The summed E-state index contributed by atoms with van der Waals surface area (Å²) >= 11 is 0. The molecule has 4 unspecified atom stereocenters. The van der Waals surface area contributed by atoms with E-state index in [0.29, 0.717) is 18.1 Å². The van der Waals surface area contributed by atoms with Crippen molar-refractivity contribution in [1.82, 2.24) is 0 Å². The maximum atomic E-state index is 14.7. The Balaban J connectivity index is 1.38. The molecule has 4 rings (SSSR count). The van der Waals surface area contributed by atoms with E-state index >= 15 is 0 Å². The van der Waals surface area contributed by atoms with Gasteiger partial charge >= 0.3 is 0 Å². The number of halogens is 2. The SMILES string of the molecule is CCOc1ccc(C2CCC3CC(C4CCC(C)CC4)CCC3C2)c(F)c1F. The number of rotatable bonds is 4. The molecule has 1 nitrogen and oxygen atoms in total. The summed E-state index contributed by atoms with van der Waals surface area (Å²) in [7, 11) is 0. The molecule has 28 heavy (non-hydrogen) atoms. The van der Waals surface area contributed by atoms with E-state index in [1.54, 1.807) is 19.1 Å². The molecule has 3 saturated carbocycles. The van der Waals surface area contributed by atoms with Crippen LogP contribution in [0.3, 0.4) is 0 Å². The zero-order chi connectivity index (χ0) is 19.7. The van der Waals surface area contributed by atoms with E-state index in [2.05, 4.69) is 6.92 Å². The van der Waals surface area contributed by atoms with Gasteiger partial charge < -0.3 is 4.74 Å². The standard InChI is InChI=1S/C25H36F2O/c1-3-28-23-13-12-22(24(26)25(23)27)21-11-10-19-14-18(8-9-20(19)15-21)17-6-4-16(2)5-7-17/h12-13,16-21H,3-11,14-15H2,1-2H3. The van der Waals surface area contributed by atoms with Crippen molar-refractivity contribution in [3.8, 4) is 5.75 Å². The summed E-state index contributed by atoms with van der Waals surface area (Å²) in [6, 6.07) is 3.38. The summed E-state index contributed by atoms with van der Waals surface area (Å²) in [6.45, 7) is 4.54. The van der Waals surface area contributed by atoms with Gasteiger partial charge in [0.1, 0.15) is 0 Å². The molecule has 1 aromatic rings. The van der Waals surface area contributed by atoms with E-state index < -0.39 is 11.6 Å². The van der Waals surface area contributed by atoms with Gasteiger partial charge in [-0.05, 0) is 105 Å². The quantitative estimate of drug-likeness (QED) is 0.517. The Labute approximate surface area is 169 Å². The first kappa shape index (κ1) is 20.2. The van der Waals surface area contributed by atoms with Crippen LogP contribution in [0.25, 0.3) is 0 Å². The second-order valence-electron chi connectivity index (χ2n) is 9.84. The average molecular weight is 391 g/mol. The second kappa shape index (κ2) is 8.71. The smallest absolute Gasteiger partial charge is 0.200 e. The Hall–Kier alpha value is -1.12. The molecular weight excluding hydrogens is 354 g/mol. The third kappa shape index (κ3) is 4.09. The minimum Gasteiger partial charge on any atom is -0.491 e. The van der Waals surface area contributed by atoms with E-state index in [1.807, 2.05) is 0 Å². The molecule has 0 amide bonds. The maximum Gasteiger partial charge on any atom is 0.200 e. The highest BCUT2D eigenvalue weighted by atomic mass is 19.2. The highest BCUT2D eigenvalue weighted by Gasteiger charge is 2.39. The lowest BCUT2D eigenvalue weighted by atomic mass is 9.60. The molecule has 0 aliphatic heterocycles.